The van der Waals surface area contributed by atoms with E-state index in [0.29, 0.717) is 23.5 Å². The van der Waals surface area contributed by atoms with E-state index in [-0.39, 0.29) is 0 Å². The Hall–Kier alpha value is -2.82. The minimum Gasteiger partial charge on any atom is -0.494 e. The molecule has 2 rings (SSSR count). The zero-order valence-electron chi connectivity index (χ0n) is 12.2. The Morgan fingerprint density at radius 3 is 2.50 bits per heavy atom. The molecule has 0 aliphatic heterocycles. The molecule has 0 spiro atoms. The molecule has 5 nitrogen and oxygen atoms in total. The summed E-state index contributed by atoms with van der Waals surface area (Å²) in [6.07, 6.45) is 0. The third-order valence-corrected chi connectivity index (χ3v) is 3.06. The van der Waals surface area contributed by atoms with Crippen LogP contribution >= 0.6 is 0 Å². The second kappa shape index (κ2) is 7.26. The Balaban J connectivity index is 2.18. The van der Waals surface area contributed by atoms with Gasteiger partial charge in [0.25, 0.3) is 5.91 Å². The van der Waals surface area contributed by atoms with Crippen molar-refractivity contribution in [1.82, 2.24) is 5.32 Å². The Morgan fingerprint density at radius 1 is 1.14 bits per heavy atom. The first-order valence-electron chi connectivity index (χ1n) is 6.93. The van der Waals surface area contributed by atoms with Crippen molar-refractivity contribution in [2.75, 3.05) is 6.61 Å². The Bertz CT molecular complexity index is 655. The maximum atomic E-state index is 12.3. The average molecular weight is 299 g/mol. The van der Waals surface area contributed by atoms with Gasteiger partial charge in [0.15, 0.2) is 6.04 Å². The highest BCUT2D eigenvalue weighted by Gasteiger charge is 2.22. The van der Waals surface area contributed by atoms with E-state index in [2.05, 4.69) is 5.32 Å². The lowest BCUT2D eigenvalue weighted by Crippen LogP contribution is -2.33. The number of carbonyl (C=O) groups excluding carboxylic acids is 1. The van der Waals surface area contributed by atoms with Gasteiger partial charge in [-0.2, -0.15) is 0 Å². The highest BCUT2D eigenvalue weighted by atomic mass is 16.5. The molecule has 2 aromatic carbocycles. The number of hydrogen-bond acceptors (Lipinski definition) is 3. The van der Waals surface area contributed by atoms with Gasteiger partial charge in [0.05, 0.1) is 6.61 Å². The van der Waals surface area contributed by atoms with Crippen molar-refractivity contribution in [3.05, 3.63) is 65.7 Å². The number of amides is 1. The van der Waals surface area contributed by atoms with Crippen LogP contribution in [0.1, 0.15) is 28.9 Å². The van der Waals surface area contributed by atoms with Crippen molar-refractivity contribution in [1.29, 1.82) is 0 Å². The van der Waals surface area contributed by atoms with Crippen molar-refractivity contribution < 1.29 is 19.4 Å². The number of hydrogen-bond donors (Lipinski definition) is 2. The summed E-state index contributed by atoms with van der Waals surface area (Å²) in [4.78, 5) is 23.7. The number of carboxylic acids is 1. The monoisotopic (exact) mass is 299 g/mol. The molecular weight excluding hydrogens is 282 g/mol. The number of carbonyl (C=O) groups is 2. The summed E-state index contributed by atoms with van der Waals surface area (Å²) >= 11 is 0. The number of nitrogens with one attached hydrogen (secondary N) is 1. The summed E-state index contributed by atoms with van der Waals surface area (Å²) in [5.74, 6) is -1.000. The zero-order valence-corrected chi connectivity index (χ0v) is 12.2. The number of ether oxygens (including phenoxy) is 1. The van der Waals surface area contributed by atoms with Crippen LogP contribution in [0.2, 0.25) is 0 Å². The fraction of sp³-hybridized carbons (Fsp3) is 0.176. The molecule has 0 saturated carbocycles. The van der Waals surface area contributed by atoms with Crippen LogP contribution in [0.25, 0.3) is 0 Å². The number of aliphatic carboxylic acids is 1. The quantitative estimate of drug-likeness (QED) is 0.859. The predicted molar refractivity (Wildman–Crippen MR) is 81.9 cm³/mol. The standard InChI is InChI=1S/C17H17NO4/c1-2-22-14-10-6-9-13(11-14)16(19)18-15(17(20)21)12-7-4-3-5-8-12/h3-11,15H,2H2,1H3,(H,18,19)(H,20,21)/t15-/m0/s1. The first-order chi connectivity index (χ1) is 10.6. The van der Waals surface area contributed by atoms with Crippen molar-refractivity contribution in [2.45, 2.75) is 13.0 Å². The molecule has 0 heterocycles. The van der Waals surface area contributed by atoms with Crippen molar-refractivity contribution in [2.24, 2.45) is 0 Å². The Morgan fingerprint density at radius 2 is 1.86 bits per heavy atom. The van der Waals surface area contributed by atoms with Crippen LogP contribution in [0, 0.1) is 0 Å². The van der Waals surface area contributed by atoms with Gasteiger partial charge < -0.3 is 15.2 Å². The van der Waals surface area contributed by atoms with E-state index < -0.39 is 17.9 Å². The van der Waals surface area contributed by atoms with Crippen molar-refractivity contribution >= 4 is 11.9 Å². The van der Waals surface area contributed by atoms with Crippen LogP contribution in [-0.4, -0.2) is 23.6 Å². The van der Waals surface area contributed by atoms with Gasteiger partial charge in [-0.15, -0.1) is 0 Å². The van der Waals surface area contributed by atoms with Crippen LogP contribution in [-0.2, 0) is 4.79 Å². The highest BCUT2D eigenvalue weighted by molar-refractivity contribution is 5.97. The molecule has 22 heavy (non-hydrogen) atoms. The second-order valence-electron chi connectivity index (χ2n) is 4.62. The summed E-state index contributed by atoms with van der Waals surface area (Å²) in [6.45, 7) is 2.34. The maximum Gasteiger partial charge on any atom is 0.330 e. The van der Waals surface area contributed by atoms with E-state index in [4.69, 9.17) is 4.74 Å². The second-order valence-corrected chi connectivity index (χ2v) is 4.62. The van der Waals surface area contributed by atoms with E-state index in [9.17, 15) is 14.7 Å². The third-order valence-electron chi connectivity index (χ3n) is 3.06. The van der Waals surface area contributed by atoms with Crippen molar-refractivity contribution in [3.8, 4) is 5.75 Å². The fourth-order valence-electron chi connectivity index (χ4n) is 2.04. The molecule has 2 aromatic rings. The van der Waals surface area contributed by atoms with Crippen molar-refractivity contribution in [3.63, 3.8) is 0 Å². The minimum atomic E-state index is -1.11. The van der Waals surface area contributed by atoms with Crippen LogP contribution in [0.15, 0.2) is 54.6 Å². The lowest BCUT2D eigenvalue weighted by atomic mass is 10.1. The zero-order chi connectivity index (χ0) is 15.9. The molecule has 0 aromatic heterocycles. The first kappa shape index (κ1) is 15.6. The number of carboxylic acid groups (broad SMARTS) is 1. The van der Waals surface area contributed by atoms with E-state index in [0.717, 1.165) is 0 Å². The largest absolute Gasteiger partial charge is 0.494 e. The SMILES string of the molecule is CCOc1cccc(C(=O)N[C@H](C(=O)O)c2ccccc2)c1. The smallest absolute Gasteiger partial charge is 0.330 e. The molecule has 1 amide bonds. The molecule has 0 saturated heterocycles. The van der Waals surface area contributed by atoms with Crippen LogP contribution in [0.4, 0.5) is 0 Å². The summed E-state index contributed by atoms with van der Waals surface area (Å²) in [7, 11) is 0. The molecule has 0 aliphatic carbocycles. The van der Waals surface area contributed by atoms with Gasteiger partial charge in [-0.05, 0) is 30.7 Å². The third kappa shape index (κ3) is 3.85. The average Bonchev–Trinajstić information content (AvgIpc) is 2.53. The van der Waals surface area contributed by atoms with Gasteiger partial charge in [-0.3, -0.25) is 4.79 Å². The van der Waals surface area contributed by atoms with Crippen LogP contribution < -0.4 is 10.1 Å². The highest BCUT2D eigenvalue weighted by Crippen LogP contribution is 2.16. The molecule has 2 N–H and O–H groups in total. The predicted octanol–water partition coefficient (Wildman–Crippen LogP) is 2.64. The van der Waals surface area contributed by atoms with E-state index in [1.807, 2.05) is 6.92 Å². The van der Waals surface area contributed by atoms with E-state index in [1.54, 1.807) is 54.6 Å². The molecule has 0 bridgehead atoms. The minimum absolute atomic E-state index is 0.355. The van der Waals surface area contributed by atoms with Crippen LogP contribution in [0.5, 0.6) is 5.75 Å². The Kier molecular flexibility index (Phi) is 5.14. The lowest BCUT2D eigenvalue weighted by molar-refractivity contribution is -0.139. The lowest BCUT2D eigenvalue weighted by Gasteiger charge is -2.15. The van der Waals surface area contributed by atoms with Gasteiger partial charge in [0, 0.05) is 5.56 Å². The molecular formula is C17H17NO4. The number of benzene rings is 2. The van der Waals surface area contributed by atoms with Gasteiger partial charge in [-0.25, -0.2) is 4.79 Å². The molecule has 0 aliphatic rings. The number of rotatable bonds is 6. The van der Waals surface area contributed by atoms with Gasteiger partial charge in [0.2, 0.25) is 0 Å². The first-order valence-corrected chi connectivity index (χ1v) is 6.93. The van der Waals surface area contributed by atoms with Gasteiger partial charge >= 0.3 is 5.97 Å². The van der Waals surface area contributed by atoms with E-state index >= 15 is 0 Å². The summed E-state index contributed by atoms with van der Waals surface area (Å²) in [6, 6.07) is 14.1. The van der Waals surface area contributed by atoms with Gasteiger partial charge in [-0.1, -0.05) is 36.4 Å². The normalized spacial score (nSPS) is 11.5. The topological polar surface area (TPSA) is 75.6 Å². The summed E-state index contributed by atoms with van der Waals surface area (Å²) in [5.41, 5.74) is 0.873. The summed E-state index contributed by atoms with van der Waals surface area (Å²) < 4.78 is 5.34. The maximum absolute atomic E-state index is 12.3. The van der Waals surface area contributed by atoms with Crippen LogP contribution in [0.3, 0.4) is 0 Å². The molecule has 1 atom stereocenters. The fourth-order valence-corrected chi connectivity index (χ4v) is 2.04. The Labute approximate surface area is 128 Å². The van der Waals surface area contributed by atoms with E-state index in [1.165, 1.54) is 0 Å². The molecule has 114 valence electrons. The van der Waals surface area contributed by atoms with Gasteiger partial charge in [0.1, 0.15) is 5.75 Å². The molecule has 0 unspecified atom stereocenters. The molecule has 0 radical (unpaired) electrons. The summed E-state index contributed by atoms with van der Waals surface area (Å²) in [5, 5.41) is 11.8. The molecule has 0 fully saturated rings. The molecule has 5 heteroatoms.